The van der Waals surface area contributed by atoms with Crippen molar-refractivity contribution in [2.45, 2.75) is 56.9 Å². The molecular weight excluding hydrogens is 347 g/mol. The third-order valence-electron chi connectivity index (χ3n) is 2.26. The van der Waals surface area contributed by atoms with Gasteiger partial charge in [0.2, 0.25) is 0 Å². The molecule has 0 bridgehead atoms. The van der Waals surface area contributed by atoms with Gasteiger partial charge in [-0.1, -0.05) is 50.3 Å². The molecule has 17 heavy (non-hydrogen) atoms. The van der Waals surface area contributed by atoms with Crippen molar-refractivity contribution in [3.05, 3.63) is 0 Å². The van der Waals surface area contributed by atoms with E-state index in [-0.39, 0.29) is 0 Å². The van der Waals surface area contributed by atoms with E-state index in [1.807, 2.05) is 0 Å². The van der Waals surface area contributed by atoms with Crippen molar-refractivity contribution in [1.29, 1.82) is 0 Å². The van der Waals surface area contributed by atoms with Gasteiger partial charge < -0.3 is 13.3 Å². The number of alkyl halides is 1. The van der Waals surface area contributed by atoms with E-state index >= 15 is 0 Å². The average molecular weight is 374 g/mol. The average Bonchev–Trinajstić information content (AvgIpc) is 2.37. The fourth-order valence-electron chi connectivity index (χ4n) is 1.38. The third kappa shape index (κ3) is 6.52. The highest BCUT2D eigenvalue weighted by Crippen LogP contribution is 2.25. The van der Waals surface area contributed by atoms with Crippen LogP contribution in [0.4, 0.5) is 0 Å². The number of hydrogen-bond donors (Lipinski definition) is 0. The van der Waals surface area contributed by atoms with Crippen molar-refractivity contribution in [2.24, 2.45) is 0 Å². The van der Waals surface area contributed by atoms with Crippen LogP contribution in [0.5, 0.6) is 0 Å². The van der Waals surface area contributed by atoms with Gasteiger partial charge in [0, 0.05) is 19.8 Å². The normalized spacial score (nSPS) is 13.9. The molecule has 0 rings (SSSR count). The maximum atomic E-state index is 6.02. The molecule has 0 heterocycles. The molecule has 0 aromatic heterocycles. The van der Waals surface area contributed by atoms with Crippen LogP contribution in [-0.2, 0) is 13.3 Å². The summed E-state index contributed by atoms with van der Waals surface area (Å²) in [5, 5.41) is 0. The van der Waals surface area contributed by atoms with Gasteiger partial charge in [-0.2, -0.15) is 0 Å². The molecule has 0 aromatic rings. The predicted octanol–water partition coefficient (Wildman–Crippen LogP) is 3.96. The lowest BCUT2D eigenvalue weighted by Crippen LogP contribution is -2.54. The zero-order valence-corrected chi connectivity index (χ0v) is 14.8. The first-order valence-corrected chi connectivity index (χ1v) is 9.77. The van der Waals surface area contributed by atoms with Gasteiger partial charge in [-0.3, -0.25) is 0 Å². The lowest BCUT2D eigenvalue weighted by Gasteiger charge is -2.32. The quantitative estimate of drug-likeness (QED) is 0.311. The van der Waals surface area contributed by atoms with Crippen molar-refractivity contribution in [2.75, 3.05) is 19.8 Å². The highest BCUT2D eigenvalue weighted by molar-refractivity contribution is 14.1. The molecule has 0 saturated carbocycles. The van der Waals surface area contributed by atoms with E-state index in [0.29, 0.717) is 3.55 Å². The molecule has 0 spiro atoms. The summed E-state index contributed by atoms with van der Waals surface area (Å²) < 4.78 is 18.4. The third-order valence-corrected chi connectivity index (χ3v) is 8.43. The van der Waals surface area contributed by atoms with Gasteiger partial charge in [-0.05, 0) is 25.7 Å². The van der Waals surface area contributed by atoms with Gasteiger partial charge in [0.1, 0.15) is 0 Å². The number of halogens is 1. The highest BCUT2D eigenvalue weighted by atomic mass is 127. The fraction of sp³-hybridized carbons (Fsp3) is 1.00. The lowest BCUT2D eigenvalue weighted by molar-refractivity contribution is 0.0585. The second-order valence-electron chi connectivity index (χ2n) is 4.02. The number of rotatable bonds is 11. The summed E-state index contributed by atoms with van der Waals surface area (Å²) in [4.78, 5) is 0. The van der Waals surface area contributed by atoms with E-state index < -0.39 is 8.80 Å². The molecule has 0 amide bonds. The van der Waals surface area contributed by atoms with Crippen LogP contribution in [-0.4, -0.2) is 32.2 Å². The summed E-state index contributed by atoms with van der Waals surface area (Å²) in [7, 11) is -2.48. The molecule has 3 nitrogen and oxygen atoms in total. The zero-order chi connectivity index (χ0) is 13.1. The van der Waals surface area contributed by atoms with Crippen LogP contribution in [0.25, 0.3) is 0 Å². The van der Waals surface area contributed by atoms with Crippen molar-refractivity contribution in [3.8, 4) is 0 Å². The van der Waals surface area contributed by atoms with Crippen molar-refractivity contribution in [1.82, 2.24) is 0 Å². The fourth-order valence-corrected chi connectivity index (χ4v) is 5.76. The van der Waals surface area contributed by atoms with Crippen LogP contribution >= 0.6 is 22.6 Å². The van der Waals surface area contributed by atoms with Gasteiger partial charge >= 0.3 is 8.80 Å². The summed E-state index contributed by atoms with van der Waals surface area (Å²) in [6, 6.07) is 0. The molecule has 1 unspecified atom stereocenters. The van der Waals surface area contributed by atoms with Crippen LogP contribution in [0.1, 0.15) is 53.4 Å². The number of hydrogen-bond acceptors (Lipinski definition) is 3. The van der Waals surface area contributed by atoms with Crippen molar-refractivity contribution >= 4 is 31.4 Å². The van der Waals surface area contributed by atoms with Gasteiger partial charge in [0.15, 0.2) is 0 Å². The molecule has 0 aromatic carbocycles. The Bertz CT molecular complexity index is 159. The Hall–Kier alpha value is 0.827. The minimum atomic E-state index is -2.48. The smallest absolute Gasteiger partial charge is 0.373 e. The topological polar surface area (TPSA) is 27.7 Å². The monoisotopic (exact) mass is 374 g/mol. The maximum absolute atomic E-state index is 6.02. The van der Waals surface area contributed by atoms with Gasteiger partial charge in [0.05, 0.1) is 3.55 Å². The minimum Gasteiger partial charge on any atom is -0.373 e. The Morgan fingerprint density at radius 1 is 0.824 bits per heavy atom. The standard InChI is InChI=1S/C12H27IO3Si/c1-5-9-14-17(12(13)8-4,15-10-6-2)16-11-7-3/h12H,5-11H2,1-4H3. The van der Waals surface area contributed by atoms with Crippen LogP contribution in [0.3, 0.4) is 0 Å². The van der Waals surface area contributed by atoms with Crippen LogP contribution in [0.2, 0.25) is 0 Å². The van der Waals surface area contributed by atoms with Crippen LogP contribution in [0.15, 0.2) is 0 Å². The first kappa shape index (κ1) is 17.8. The van der Waals surface area contributed by atoms with Crippen molar-refractivity contribution in [3.63, 3.8) is 0 Å². The van der Waals surface area contributed by atoms with E-state index in [1.165, 1.54) is 0 Å². The van der Waals surface area contributed by atoms with Gasteiger partial charge in [0.25, 0.3) is 0 Å². The molecule has 1 atom stereocenters. The van der Waals surface area contributed by atoms with E-state index in [1.54, 1.807) is 0 Å². The van der Waals surface area contributed by atoms with E-state index in [4.69, 9.17) is 13.3 Å². The first-order valence-electron chi connectivity index (χ1n) is 6.72. The molecular formula is C12H27IO3Si. The minimum absolute atomic E-state index is 0.352. The highest BCUT2D eigenvalue weighted by Gasteiger charge is 2.47. The summed E-state index contributed by atoms with van der Waals surface area (Å²) in [5.74, 6) is 0. The molecule has 104 valence electrons. The van der Waals surface area contributed by atoms with E-state index in [2.05, 4.69) is 50.3 Å². The second kappa shape index (κ2) is 10.7. The molecule has 0 aliphatic carbocycles. The maximum Gasteiger partial charge on any atom is 0.514 e. The Morgan fingerprint density at radius 2 is 1.18 bits per heavy atom. The van der Waals surface area contributed by atoms with Crippen LogP contribution in [0, 0.1) is 0 Å². The molecule has 0 aliphatic rings. The summed E-state index contributed by atoms with van der Waals surface area (Å²) >= 11 is 2.43. The molecule has 0 saturated heterocycles. The van der Waals surface area contributed by atoms with Gasteiger partial charge in [-0.15, -0.1) is 0 Å². The molecule has 0 N–H and O–H groups in total. The Kier molecular flexibility index (Phi) is 11.2. The first-order chi connectivity index (χ1) is 8.16. The van der Waals surface area contributed by atoms with Crippen LogP contribution < -0.4 is 0 Å². The Balaban J connectivity index is 4.63. The van der Waals surface area contributed by atoms with Gasteiger partial charge in [-0.25, -0.2) is 0 Å². The summed E-state index contributed by atoms with van der Waals surface area (Å²) in [6.45, 7) is 10.7. The predicted molar refractivity (Wildman–Crippen MR) is 82.6 cm³/mol. The largest absolute Gasteiger partial charge is 0.514 e. The van der Waals surface area contributed by atoms with E-state index in [0.717, 1.165) is 45.5 Å². The Morgan fingerprint density at radius 3 is 1.41 bits per heavy atom. The van der Waals surface area contributed by atoms with Crippen molar-refractivity contribution < 1.29 is 13.3 Å². The molecule has 0 aliphatic heterocycles. The summed E-state index contributed by atoms with van der Waals surface area (Å²) in [6.07, 6.45) is 4.05. The SMILES string of the molecule is CCCO[Si](OCCC)(OCCC)C(I)CC. The lowest BCUT2D eigenvalue weighted by atomic mass is 10.5. The second-order valence-corrected chi connectivity index (χ2v) is 9.47. The summed E-state index contributed by atoms with van der Waals surface area (Å²) in [5.41, 5.74) is 0. The van der Waals surface area contributed by atoms with E-state index in [9.17, 15) is 0 Å². The molecule has 0 fully saturated rings. The zero-order valence-electron chi connectivity index (χ0n) is 11.6. The Labute approximate surface area is 121 Å². The molecule has 5 heteroatoms. The molecule has 0 radical (unpaired) electrons.